The molecule has 0 saturated carbocycles. The maximum absolute atomic E-state index is 12.4. The van der Waals surface area contributed by atoms with E-state index in [2.05, 4.69) is 0 Å². The Labute approximate surface area is 176 Å². The average Bonchev–Trinajstić information content (AvgIpc) is 3.05. The fourth-order valence-corrected chi connectivity index (χ4v) is 4.76. The number of fused-ring (bicyclic) bond motifs is 3. The molecule has 0 unspecified atom stereocenters. The Morgan fingerprint density at radius 2 is 1.69 bits per heavy atom. The van der Waals surface area contributed by atoms with Crippen molar-refractivity contribution in [3.8, 4) is 0 Å². The Balaban J connectivity index is 1.84. The molecule has 3 aliphatic heterocycles. The van der Waals surface area contributed by atoms with Crippen LogP contribution < -0.4 is 0 Å². The number of aliphatic imine (C=N–C) groups is 1. The molecule has 0 N–H and O–H groups in total. The Hall–Kier alpha value is -0.910. The predicted molar refractivity (Wildman–Crippen MR) is 108 cm³/mol. The molecule has 166 valence electrons. The lowest BCUT2D eigenvalue weighted by atomic mass is 9.94. The van der Waals surface area contributed by atoms with Gasteiger partial charge in [-0.1, -0.05) is 11.8 Å². The van der Waals surface area contributed by atoms with Crippen LogP contribution in [-0.4, -0.2) is 84.4 Å². The molecule has 0 spiro atoms. The SMILES string of the molecule is CO[C@@]1(C)O[C@@H]2[C@H]3N=C(N(C)C(=O)OC(C)(C)C)S[C@H]3O[C@H](C)[C@@H]2O[C@]1(C)OC. The predicted octanol–water partition coefficient (Wildman–Crippen LogP) is 2.58. The number of hydrogen-bond acceptors (Lipinski definition) is 9. The zero-order chi connectivity index (χ0) is 21.8. The summed E-state index contributed by atoms with van der Waals surface area (Å²) in [4.78, 5) is 18.6. The van der Waals surface area contributed by atoms with Crippen LogP contribution in [0.2, 0.25) is 0 Å². The quantitative estimate of drug-likeness (QED) is 0.658. The lowest BCUT2D eigenvalue weighted by Gasteiger charge is -2.55. The summed E-state index contributed by atoms with van der Waals surface area (Å²) in [7, 11) is 4.74. The van der Waals surface area contributed by atoms with Crippen LogP contribution in [0.1, 0.15) is 41.5 Å². The van der Waals surface area contributed by atoms with Gasteiger partial charge in [0.05, 0.1) is 6.10 Å². The van der Waals surface area contributed by atoms with Crippen LogP contribution in [0.25, 0.3) is 0 Å². The van der Waals surface area contributed by atoms with Gasteiger partial charge >= 0.3 is 6.09 Å². The number of hydrogen-bond donors (Lipinski definition) is 0. The molecule has 10 heteroatoms. The van der Waals surface area contributed by atoms with Crippen LogP contribution >= 0.6 is 11.8 Å². The van der Waals surface area contributed by atoms with Crippen LogP contribution in [0.3, 0.4) is 0 Å². The van der Waals surface area contributed by atoms with E-state index in [0.717, 1.165) is 0 Å². The summed E-state index contributed by atoms with van der Waals surface area (Å²) in [6.45, 7) is 11.0. The lowest BCUT2D eigenvalue weighted by Crippen LogP contribution is -2.71. The third-order valence-corrected chi connectivity index (χ3v) is 6.72. The number of thioether (sulfide) groups is 1. The summed E-state index contributed by atoms with van der Waals surface area (Å²) >= 11 is 1.38. The molecule has 2 saturated heterocycles. The Bertz CT molecular complexity index is 684. The number of nitrogens with zero attached hydrogens (tertiary/aromatic N) is 2. The molecule has 7 atom stereocenters. The van der Waals surface area contributed by atoms with Crippen molar-refractivity contribution in [1.82, 2.24) is 4.90 Å². The fraction of sp³-hybridized carbons (Fsp3) is 0.895. The van der Waals surface area contributed by atoms with Gasteiger partial charge in [0.25, 0.3) is 0 Å². The van der Waals surface area contributed by atoms with Crippen molar-refractivity contribution in [3.05, 3.63) is 0 Å². The largest absolute Gasteiger partial charge is 0.443 e. The standard InChI is InChI=1S/C19H32N2O7S/c1-10-12-13(27-19(6,24-9)18(5,23-8)26-12)11-14(25-10)29-15(20-11)21(7)16(22)28-17(2,3)4/h10-14H,1-9H3/t10-,11-,12+,13-,14-,18+,19+/m1/s1. The number of carbonyl (C=O) groups excluding carboxylic acids is 1. The minimum atomic E-state index is -1.13. The molecule has 0 radical (unpaired) electrons. The second-order valence-electron chi connectivity index (χ2n) is 8.73. The van der Waals surface area contributed by atoms with Crippen molar-refractivity contribution in [1.29, 1.82) is 0 Å². The first-order chi connectivity index (χ1) is 13.3. The first kappa shape index (κ1) is 22.8. The second-order valence-corrected chi connectivity index (χ2v) is 9.80. The van der Waals surface area contributed by atoms with Gasteiger partial charge in [-0.05, 0) is 41.5 Å². The van der Waals surface area contributed by atoms with Crippen molar-refractivity contribution in [2.75, 3.05) is 21.3 Å². The van der Waals surface area contributed by atoms with E-state index in [-0.39, 0.29) is 17.6 Å². The second kappa shape index (κ2) is 7.65. The molecule has 3 rings (SSSR count). The Morgan fingerprint density at radius 1 is 1.14 bits per heavy atom. The summed E-state index contributed by atoms with van der Waals surface area (Å²) < 4.78 is 35.5. The third kappa shape index (κ3) is 4.03. The van der Waals surface area contributed by atoms with E-state index >= 15 is 0 Å². The molecular weight excluding hydrogens is 400 g/mol. The monoisotopic (exact) mass is 432 g/mol. The highest BCUT2D eigenvalue weighted by Crippen LogP contribution is 2.47. The number of amidine groups is 1. The summed E-state index contributed by atoms with van der Waals surface area (Å²) in [5.41, 5.74) is -0.897. The minimum absolute atomic E-state index is 0.258. The topological polar surface area (TPSA) is 88.1 Å². The molecule has 0 aliphatic carbocycles. The molecule has 0 aromatic heterocycles. The summed E-state index contributed by atoms with van der Waals surface area (Å²) in [5.74, 6) is -2.25. The molecule has 2 fully saturated rings. The van der Waals surface area contributed by atoms with E-state index in [1.807, 2.05) is 27.7 Å². The highest BCUT2D eigenvalue weighted by atomic mass is 32.2. The normalized spacial score (nSPS) is 42.0. The molecule has 9 nitrogen and oxygen atoms in total. The highest BCUT2D eigenvalue weighted by Gasteiger charge is 2.62. The lowest BCUT2D eigenvalue weighted by molar-refractivity contribution is -0.462. The smallest absolute Gasteiger partial charge is 0.416 e. The van der Waals surface area contributed by atoms with E-state index in [1.54, 1.807) is 35.1 Å². The van der Waals surface area contributed by atoms with Gasteiger partial charge in [-0.3, -0.25) is 9.89 Å². The average molecular weight is 433 g/mol. The number of rotatable bonds is 2. The minimum Gasteiger partial charge on any atom is -0.443 e. The van der Waals surface area contributed by atoms with Gasteiger partial charge in [-0.2, -0.15) is 0 Å². The number of methoxy groups -OCH3 is 2. The first-order valence-electron chi connectivity index (χ1n) is 9.66. The molecule has 3 heterocycles. The maximum Gasteiger partial charge on any atom is 0.416 e. The summed E-state index contributed by atoms with van der Waals surface area (Å²) in [5, 5.41) is 0.518. The van der Waals surface area contributed by atoms with Gasteiger partial charge in [0, 0.05) is 21.3 Å². The fourth-order valence-electron chi connectivity index (χ4n) is 3.55. The molecular formula is C19H32N2O7S. The van der Waals surface area contributed by atoms with Gasteiger partial charge in [0.1, 0.15) is 29.3 Å². The van der Waals surface area contributed by atoms with Gasteiger partial charge < -0.3 is 28.4 Å². The van der Waals surface area contributed by atoms with E-state index < -0.39 is 35.5 Å². The van der Waals surface area contributed by atoms with Gasteiger partial charge in [-0.25, -0.2) is 4.79 Å². The Morgan fingerprint density at radius 3 is 2.21 bits per heavy atom. The van der Waals surface area contributed by atoms with Crippen LogP contribution in [0.4, 0.5) is 4.79 Å². The van der Waals surface area contributed by atoms with E-state index in [9.17, 15) is 4.79 Å². The molecule has 3 aliphatic rings. The summed E-state index contributed by atoms with van der Waals surface area (Å²) in [6.07, 6.45) is -1.55. The summed E-state index contributed by atoms with van der Waals surface area (Å²) in [6, 6.07) is -0.364. The van der Waals surface area contributed by atoms with Crippen molar-refractivity contribution >= 4 is 23.0 Å². The van der Waals surface area contributed by atoms with Crippen LogP contribution in [0.5, 0.6) is 0 Å². The van der Waals surface area contributed by atoms with Crippen LogP contribution in [-0.2, 0) is 28.4 Å². The van der Waals surface area contributed by atoms with Crippen molar-refractivity contribution in [2.24, 2.45) is 4.99 Å². The van der Waals surface area contributed by atoms with Crippen molar-refractivity contribution in [3.63, 3.8) is 0 Å². The van der Waals surface area contributed by atoms with E-state index in [4.69, 9.17) is 33.4 Å². The van der Waals surface area contributed by atoms with E-state index in [1.165, 1.54) is 16.7 Å². The van der Waals surface area contributed by atoms with Crippen molar-refractivity contribution < 1.29 is 33.2 Å². The molecule has 0 aromatic carbocycles. The maximum atomic E-state index is 12.4. The number of carbonyl (C=O) groups is 1. The Kier molecular flexibility index (Phi) is 6.01. The van der Waals surface area contributed by atoms with Crippen LogP contribution in [0, 0.1) is 0 Å². The molecule has 1 amide bonds. The number of amides is 1. The first-order valence-corrected chi connectivity index (χ1v) is 10.5. The van der Waals surface area contributed by atoms with Crippen molar-refractivity contribution in [2.45, 2.75) is 88.5 Å². The number of ether oxygens (including phenoxy) is 6. The highest BCUT2D eigenvalue weighted by molar-refractivity contribution is 8.14. The molecule has 0 aromatic rings. The molecule has 29 heavy (non-hydrogen) atoms. The van der Waals surface area contributed by atoms with E-state index in [0.29, 0.717) is 5.17 Å². The zero-order valence-electron chi connectivity index (χ0n) is 18.5. The van der Waals surface area contributed by atoms with Gasteiger partial charge in [0.2, 0.25) is 11.6 Å². The molecule has 0 bridgehead atoms. The third-order valence-electron chi connectivity index (χ3n) is 5.51. The van der Waals surface area contributed by atoms with Crippen LogP contribution in [0.15, 0.2) is 4.99 Å². The zero-order valence-corrected chi connectivity index (χ0v) is 19.4. The van der Waals surface area contributed by atoms with Gasteiger partial charge in [-0.15, -0.1) is 0 Å². The van der Waals surface area contributed by atoms with Gasteiger partial charge in [0.15, 0.2) is 5.17 Å².